The van der Waals surface area contributed by atoms with Crippen molar-refractivity contribution in [3.8, 4) is 0 Å². The van der Waals surface area contributed by atoms with E-state index in [1.165, 1.54) is 11.6 Å². The van der Waals surface area contributed by atoms with Crippen LogP contribution in [0.1, 0.15) is 37.5 Å². The predicted molar refractivity (Wildman–Crippen MR) is 132 cm³/mol. The number of carbonyl (C=O) groups excluding carboxylic acids is 3. The largest absolute Gasteiger partial charge is 0.394 e. The Morgan fingerprint density at radius 2 is 1.63 bits per heavy atom. The van der Waals surface area contributed by atoms with E-state index in [1.807, 2.05) is 24.3 Å². The van der Waals surface area contributed by atoms with Gasteiger partial charge in [0.05, 0.1) is 13.2 Å². The van der Waals surface area contributed by atoms with Gasteiger partial charge in [0.1, 0.15) is 6.04 Å². The molecule has 176 valence electrons. The fourth-order valence-corrected chi connectivity index (χ4v) is 4.59. The summed E-state index contributed by atoms with van der Waals surface area (Å²) < 4.78 is 0. The van der Waals surface area contributed by atoms with Gasteiger partial charge in [-0.05, 0) is 30.2 Å². The number of carbonyl (C=O) groups is 3. The van der Waals surface area contributed by atoms with Crippen LogP contribution in [0.4, 0.5) is 0 Å². The van der Waals surface area contributed by atoms with E-state index in [2.05, 4.69) is 16.4 Å². The number of aromatic nitrogens is 1. The van der Waals surface area contributed by atoms with Gasteiger partial charge in [0.2, 0.25) is 5.91 Å². The van der Waals surface area contributed by atoms with E-state index in [9.17, 15) is 19.5 Å². The van der Waals surface area contributed by atoms with Crippen molar-refractivity contribution < 1.29 is 19.5 Å². The minimum absolute atomic E-state index is 0.197. The number of nitrogens with one attached hydrogen (secondary N) is 2. The third-order valence-corrected chi connectivity index (χ3v) is 6.40. The Bertz CT molecular complexity index is 1410. The van der Waals surface area contributed by atoms with Gasteiger partial charge >= 0.3 is 0 Å². The number of fused-ring (bicyclic) bond motifs is 3. The number of aliphatic hydroxyl groups excluding tert-OH is 1. The fraction of sp³-hybridized carbons (Fsp3) is 0.179. The van der Waals surface area contributed by atoms with E-state index in [0.717, 1.165) is 16.6 Å². The van der Waals surface area contributed by atoms with Crippen molar-refractivity contribution in [3.05, 3.63) is 107 Å². The molecule has 7 nitrogen and oxygen atoms in total. The Hall–Kier alpha value is -4.23. The molecular formula is C28H25N3O4. The van der Waals surface area contributed by atoms with Crippen LogP contribution < -0.4 is 5.32 Å². The number of hydrogen-bond donors (Lipinski definition) is 3. The maximum atomic E-state index is 13.2. The van der Waals surface area contributed by atoms with E-state index < -0.39 is 18.6 Å². The molecule has 1 aliphatic rings. The van der Waals surface area contributed by atoms with Crippen LogP contribution in [0.5, 0.6) is 0 Å². The first-order valence-electron chi connectivity index (χ1n) is 11.5. The molecule has 1 atom stereocenters. The van der Waals surface area contributed by atoms with Gasteiger partial charge in [-0.15, -0.1) is 0 Å². The average Bonchev–Trinajstić information content (AvgIpc) is 3.29. The lowest BCUT2D eigenvalue weighted by atomic mass is 10.0. The van der Waals surface area contributed by atoms with Crippen LogP contribution in [0.3, 0.4) is 0 Å². The number of para-hydroxylation sites is 1. The lowest BCUT2D eigenvalue weighted by molar-refractivity contribution is -0.135. The molecule has 1 aromatic heterocycles. The summed E-state index contributed by atoms with van der Waals surface area (Å²) in [5.74, 6) is -1.07. The Morgan fingerprint density at radius 3 is 2.43 bits per heavy atom. The van der Waals surface area contributed by atoms with Crippen LogP contribution in [0, 0.1) is 0 Å². The first-order valence-corrected chi connectivity index (χ1v) is 11.5. The number of ketones is 1. The summed E-state index contributed by atoms with van der Waals surface area (Å²) in [6.45, 7) is 0.362. The van der Waals surface area contributed by atoms with Gasteiger partial charge in [-0.1, -0.05) is 60.7 Å². The second-order valence-corrected chi connectivity index (χ2v) is 8.62. The topological polar surface area (TPSA) is 102 Å². The summed E-state index contributed by atoms with van der Waals surface area (Å²) in [6.07, 6.45) is 0.695. The summed E-state index contributed by atoms with van der Waals surface area (Å²) in [4.78, 5) is 43.9. The Labute approximate surface area is 202 Å². The number of H-pyrrole nitrogens is 1. The van der Waals surface area contributed by atoms with E-state index >= 15 is 0 Å². The van der Waals surface area contributed by atoms with Gasteiger partial charge in [0.25, 0.3) is 5.91 Å². The molecule has 5 rings (SSSR count). The smallest absolute Gasteiger partial charge is 0.252 e. The molecule has 0 spiro atoms. The molecule has 7 heteroatoms. The van der Waals surface area contributed by atoms with Crippen LogP contribution in [0.15, 0.2) is 78.9 Å². The van der Waals surface area contributed by atoms with Crippen molar-refractivity contribution in [2.75, 3.05) is 13.2 Å². The zero-order valence-corrected chi connectivity index (χ0v) is 19.0. The summed E-state index contributed by atoms with van der Waals surface area (Å²) in [5, 5.41) is 13.7. The first kappa shape index (κ1) is 22.6. The number of hydrogen-bond acceptors (Lipinski definition) is 4. The molecule has 0 fully saturated rings. The molecule has 2 heterocycles. The standard InChI is InChI=1S/C28H25N3O4/c32-17-25(28(35)31-14-13-22-21-11-4-5-12-23(21)29-24(22)16-31)30-27(34)20-10-6-9-19(15-20)26(33)18-7-2-1-3-8-18/h1-12,15,25,29,32H,13-14,16-17H2,(H,30,34)/t25-/m0/s1. The molecule has 2 amide bonds. The van der Waals surface area contributed by atoms with Gasteiger partial charge in [0, 0.05) is 39.8 Å². The lowest BCUT2D eigenvalue weighted by Gasteiger charge is -2.30. The van der Waals surface area contributed by atoms with Gasteiger partial charge < -0.3 is 20.3 Å². The molecule has 0 aliphatic carbocycles. The number of nitrogens with zero attached hydrogens (tertiary/aromatic N) is 1. The first-order chi connectivity index (χ1) is 17.0. The highest BCUT2D eigenvalue weighted by atomic mass is 16.3. The molecule has 0 bridgehead atoms. The Balaban J connectivity index is 1.29. The second-order valence-electron chi connectivity index (χ2n) is 8.62. The number of aliphatic hydroxyl groups is 1. The van der Waals surface area contributed by atoms with Crippen LogP contribution in [0.2, 0.25) is 0 Å². The summed E-state index contributed by atoms with van der Waals surface area (Å²) in [7, 11) is 0. The normalized spacial score (nSPS) is 13.8. The highest BCUT2D eigenvalue weighted by Gasteiger charge is 2.30. The SMILES string of the molecule is O=C(N[C@@H](CO)C(=O)N1CCc2c([nH]c3ccccc23)C1)c1cccc(C(=O)c2ccccc2)c1. The van der Waals surface area contributed by atoms with Crippen molar-refractivity contribution in [1.29, 1.82) is 0 Å². The third-order valence-electron chi connectivity index (χ3n) is 6.40. The van der Waals surface area contributed by atoms with Crippen molar-refractivity contribution in [1.82, 2.24) is 15.2 Å². The third kappa shape index (κ3) is 4.46. The molecule has 3 aromatic carbocycles. The second kappa shape index (κ2) is 9.56. The fourth-order valence-electron chi connectivity index (χ4n) is 4.59. The van der Waals surface area contributed by atoms with Crippen molar-refractivity contribution in [3.63, 3.8) is 0 Å². The van der Waals surface area contributed by atoms with E-state index in [1.54, 1.807) is 47.4 Å². The summed E-state index contributed by atoms with van der Waals surface area (Å²) in [5.41, 5.74) is 4.35. The number of aromatic amines is 1. The highest BCUT2D eigenvalue weighted by Crippen LogP contribution is 2.27. The van der Waals surface area contributed by atoms with Crippen LogP contribution in [-0.4, -0.2) is 51.8 Å². The maximum absolute atomic E-state index is 13.2. The average molecular weight is 468 g/mol. The summed E-state index contributed by atoms with van der Waals surface area (Å²) in [6, 6.07) is 22.1. The lowest BCUT2D eigenvalue weighted by Crippen LogP contribution is -2.51. The van der Waals surface area contributed by atoms with Crippen LogP contribution in [0.25, 0.3) is 10.9 Å². The minimum Gasteiger partial charge on any atom is -0.394 e. The Morgan fingerprint density at radius 1 is 0.914 bits per heavy atom. The molecule has 3 N–H and O–H groups in total. The Kier molecular flexibility index (Phi) is 6.16. The van der Waals surface area contributed by atoms with Gasteiger partial charge in [-0.3, -0.25) is 14.4 Å². The molecular weight excluding hydrogens is 442 g/mol. The highest BCUT2D eigenvalue weighted by molar-refractivity contribution is 6.10. The number of amides is 2. The quantitative estimate of drug-likeness (QED) is 0.379. The zero-order chi connectivity index (χ0) is 24.4. The molecule has 35 heavy (non-hydrogen) atoms. The van der Waals surface area contributed by atoms with E-state index in [-0.39, 0.29) is 17.3 Å². The molecule has 1 aliphatic heterocycles. The molecule has 4 aromatic rings. The molecule has 0 saturated heterocycles. The number of benzene rings is 3. The van der Waals surface area contributed by atoms with Crippen LogP contribution >= 0.6 is 0 Å². The monoisotopic (exact) mass is 467 g/mol. The predicted octanol–water partition coefficient (Wildman–Crippen LogP) is 3.07. The van der Waals surface area contributed by atoms with E-state index in [0.29, 0.717) is 30.6 Å². The van der Waals surface area contributed by atoms with E-state index in [4.69, 9.17) is 0 Å². The van der Waals surface area contributed by atoms with Crippen molar-refractivity contribution in [2.45, 2.75) is 19.0 Å². The molecule has 0 unspecified atom stereocenters. The maximum Gasteiger partial charge on any atom is 0.252 e. The van der Waals surface area contributed by atoms with Gasteiger partial charge in [-0.25, -0.2) is 0 Å². The summed E-state index contributed by atoms with van der Waals surface area (Å²) >= 11 is 0. The van der Waals surface area contributed by atoms with Crippen molar-refractivity contribution >= 4 is 28.5 Å². The molecule has 0 radical (unpaired) electrons. The minimum atomic E-state index is -1.08. The van der Waals surface area contributed by atoms with Gasteiger partial charge in [0.15, 0.2) is 5.78 Å². The van der Waals surface area contributed by atoms with Crippen LogP contribution in [-0.2, 0) is 17.8 Å². The van der Waals surface area contributed by atoms with Crippen molar-refractivity contribution in [2.24, 2.45) is 0 Å². The van der Waals surface area contributed by atoms with Gasteiger partial charge in [-0.2, -0.15) is 0 Å². The zero-order valence-electron chi connectivity index (χ0n) is 19.0. The number of rotatable bonds is 6. The molecule has 0 saturated carbocycles.